The molecule has 0 aliphatic carbocycles. The van der Waals surface area contributed by atoms with Crippen LogP contribution in [-0.4, -0.2) is 15.2 Å². The third kappa shape index (κ3) is 6.27. The monoisotopic (exact) mass is 837 g/mol. The zero-order chi connectivity index (χ0) is 42.8. The van der Waals surface area contributed by atoms with Gasteiger partial charge in [0.1, 0.15) is 33.7 Å². The van der Waals surface area contributed by atoms with Gasteiger partial charge in [0.15, 0.2) is 11.4 Å². The minimum absolute atomic E-state index is 0.446. The van der Waals surface area contributed by atoms with Crippen molar-refractivity contribution in [3.05, 3.63) is 212 Å². The standard InChI is InChI=1S/C57H35N5O3/c1-3-11-36(12-4-1)38-19-23-40(24-20-38)61(42-27-29-46-44-15-7-9-17-49(44)63-51(46)33-42)54-32-31-48-56-53(65-57(48)58-54)35-55(59-60-56)62(41-25-21-39(22-26-41)37-13-5-2-6-14-37)43-28-30-47-45-16-8-10-18-50(45)64-52(47)34-43/h1-35H. The van der Waals surface area contributed by atoms with E-state index in [4.69, 9.17) is 28.4 Å². The number of benzene rings is 8. The second-order valence-electron chi connectivity index (χ2n) is 16.1. The highest BCUT2D eigenvalue weighted by Gasteiger charge is 2.22. The van der Waals surface area contributed by atoms with Gasteiger partial charge in [0.05, 0.1) is 16.8 Å². The van der Waals surface area contributed by atoms with Crippen molar-refractivity contribution in [3.8, 4) is 22.3 Å². The molecule has 8 nitrogen and oxygen atoms in total. The third-order valence-electron chi connectivity index (χ3n) is 12.2. The van der Waals surface area contributed by atoms with E-state index in [0.717, 1.165) is 94.3 Å². The molecule has 0 atom stereocenters. The minimum Gasteiger partial charge on any atom is -0.456 e. The molecule has 5 aromatic heterocycles. The third-order valence-corrected chi connectivity index (χ3v) is 12.2. The lowest BCUT2D eigenvalue weighted by Gasteiger charge is -2.24. The maximum Gasteiger partial charge on any atom is 0.231 e. The molecule has 13 aromatic rings. The maximum atomic E-state index is 6.65. The van der Waals surface area contributed by atoms with Crippen molar-refractivity contribution < 1.29 is 13.3 Å². The van der Waals surface area contributed by atoms with Gasteiger partial charge in [-0.05, 0) is 95.1 Å². The summed E-state index contributed by atoms with van der Waals surface area (Å²) in [5.41, 5.74) is 13.0. The highest BCUT2D eigenvalue weighted by molar-refractivity contribution is 6.08. The smallest absolute Gasteiger partial charge is 0.231 e. The minimum atomic E-state index is 0.446. The van der Waals surface area contributed by atoms with Gasteiger partial charge in [-0.15, -0.1) is 10.2 Å². The maximum absolute atomic E-state index is 6.65. The fourth-order valence-electron chi connectivity index (χ4n) is 9.06. The van der Waals surface area contributed by atoms with E-state index in [0.29, 0.717) is 28.4 Å². The Labute approximate surface area is 371 Å². The molecular weight excluding hydrogens is 803 g/mol. The van der Waals surface area contributed by atoms with Gasteiger partial charge < -0.3 is 13.3 Å². The Kier molecular flexibility index (Phi) is 8.35. The number of hydrogen-bond acceptors (Lipinski definition) is 8. The van der Waals surface area contributed by atoms with E-state index in [1.165, 1.54) is 0 Å². The Bertz CT molecular complexity index is 3640. The molecule has 0 amide bonds. The predicted octanol–water partition coefficient (Wildman–Crippen LogP) is 15.8. The summed E-state index contributed by atoms with van der Waals surface area (Å²) in [5, 5.41) is 14.7. The zero-order valence-electron chi connectivity index (χ0n) is 34.7. The average molecular weight is 838 g/mol. The summed E-state index contributed by atoms with van der Waals surface area (Å²) < 4.78 is 19.4. The first-order valence-electron chi connectivity index (χ1n) is 21.5. The molecule has 306 valence electrons. The van der Waals surface area contributed by atoms with Crippen molar-refractivity contribution in [3.63, 3.8) is 0 Å². The highest BCUT2D eigenvalue weighted by Crippen LogP contribution is 2.42. The van der Waals surface area contributed by atoms with E-state index in [1.54, 1.807) is 0 Å². The van der Waals surface area contributed by atoms with Crippen LogP contribution < -0.4 is 9.80 Å². The van der Waals surface area contributed by atoms with E-state index in [9.17, 15) is 0 Å². The summed E-state index contributed by atoms with van der Waals surface area (Å²) in [5.74, 6) is 1.26. The van der Waals surface area contributed by atoms with Crippen molar-refractivity contribution in [1.82, 2.24) is 15.2 Å². The first-order chi connectivity index (χ1) is 32.2. The Balaban J connectivity index is 0.929. The van der Waals surface area contributed by atoms with Crippen LogP contribution in [0.3, 0.4) is 0 Å². The Morgan fingerprint density at radius 2 is 0.738 bits per heavy atom. The van der Waals surface area contributed by atoms with Gasteiger partial charge in [-0.25, -0.2) is 0 Å². The number of anilines is 6. The number of rotatable bonds is 8. The molecule has 0 bridgehead atoms. The number of nitrogens with zero attached hydrogens (tertiary/aromatic N) is 5. The molecule has 0 aliphatic rings. The van der Waals surface area contributed by atoms with Crippen LogP contribution >= 0.6 is 0 Å². The topological polar surface area (TPSA) is 84.6 Å². The van der Waals surface area contributed by atoms with Crippen LogP contribution in [0.2, 0.25) is 0 Å². The molecule has 0 radical (unpaired) electrons. The molecule has 0 N–H and O–H groups in total. The fraction of sp³-hybridized carbons (Fsp3) is 0. The summed E-state index contributed by atoms with van der Waals surface area (Å²) in [6.45, 7) is 0. The molecular formula is C57H35N5O3. The second-order valence-corrected chi connectivity index (χ2v) is 16.1. The molecule has 0 unspecified atom stereocenters. The molecule has 0 saturated heterocycles. The van der Waals surface area contributed by atoms with Gasteiger partial charge in [0.25, 0.3) is 0 Å². The average Bonchev–Trinajstić information content (AvgIpc) is 4.05. The lowest BCUT2D eigenvalue weighted by Crippen LogP contribution is -2.12. The van der Waals surface area contributed by atoms with Gasteiger partial charge >= 0.3 is 0 Å². The molecule has 0 fully saturated rings. The number of para-hydroxylation sites is 2. The number of furan rings is 3. The summed E-state index contributed by atoms with van der Waals surface area (Å²) in [7, 11) is 0. The van der Waals surface area contributed by atoms with Crippen LogP contribution in [0.15, 0.2) is 226 Å². The van der Waals surface area contributed by atoms with Crippen molar-refractivity contribution >= 4 is 100 Å². The van der Waals surface area contributed by atoms with Crippen LogP contribution in [0.1, 0.15) is 0 Å². The summed E-state index contributed by atoms with van der Waals surface area (Å²) in [6.07, 6.45) is 0. The van der Waals surface area contributed by atoms with Gasteiger partial charge in [-0.3, -0.25) is 9.80 Å². The molecule has 0 saturated carbocycles. The van der Waals surface area contributed by atoms with Crippen molar-refractivity contribution in [2.24, 2.45) is 0 Å². The van der Waals surface area contributed by atoms with E-state index in [2.05, 4.69) is 155 Å². The molecule has 65 heavy (non-hydrogen) atoms. The van der Waals surface area contributed by atoms with Crippen molar-refractivity contribution in [2.45, 2.75) is 0 Å². The van der Waals surface area contributed by atoms with Crippen LogP contribution in [0.25, 0.3) is 88.3 Å². The van der Waals surface area contributed by atoms with E-state index in [-0.39, 0.29) is 0 Å². The Morgan fingerprint density at radius 1 is 0.292 bits per heavy atom. The van der Waals surface area contributed by atoms with Crippen molar-refractivity contribution in [2.75, 3.05) is 9.80 Å². The normalized spacial score (nSPS) is 11.7. The largest absolute Gasteiger partial charge is 0.456 e. The van der Waals surface area contributed by atoms with Gasteiger partial charge in [-0.2, -0.15) is 4.98 Å². The zero-order valence-corrected chi connectivity index (χ0v) is 34.7. The van der Waals surface area contributed by atoms with Gasteiger partial charge in [-0.1, -0.05) is 121 Å². The SMILES string of the molecule is c1ccc(-c2ccc(N(c3ccc4c(c3)oc3ccccc34)c3cc4oc5nc(N(c6ccc(-c7ccccc7)cc6)c6ccc7c(c6)oc6ccccc67)ccc5c4nn3)cc2)cc1. The number of aromatic nitrogens is 3. The van der Waals surface area contributed by atoms with Crippen LogP contribution in [0, 0.1) is 0 Å². The first-order valence-corrected chi connectivity index (χ1v) is 21.5. The molecule has 8 heteroatoms. The lowest BCUT2D eigenvalue weighted by molar-refractivity contribution is 0.652. The van der Waals surface area contributed by atoms with E-state index >= 15 is 0 Å². The predicted molar refractivity (Wildman–Crippen MR) is 262 cm³/mol. The number of hydrogen-bond donors (Lipinski definition) is 0. The summed E-state index contributed by atoms with van der Waals surface area (Å²) in [4.78, 5) is 9.39. The summed E-state index contributed by atoms with van der Waals surface area (Å²) in [6, 6.07) is 72.5. The lowest BCUT2D eigenvalue weighted by atomic mass is 10.0. The first kappa shape index (κ1) is 36.6. The fourth-order valence-corrected chi connectivity index (χ4v) is 9.06. The van der Waals surface area contributed by atoms with Crippen LogP contribution in [0.4, 0.5) is 34.4 Å². The van der Waals surface area contributed by atoms with Crippen LogP contribution in [-0.2, 0) is 0 Å². The van der Waals surface area contributed by atoms with E-state index in [1.807, 2.05) is 66.7 Å². The Morgan fingerprint density at radius 3 is 1.29 bits per heavy atom. The van der Waals surface area contributed by atoms with E-state index < -0.39 is 0 Å². The van der Waals surface area contributed by atoms with Crippen LogP contribution in [0.5, 0.6) is 0 Å². The quantitative estimate of drug-likeness (QED) is 0.150. The molecule has 13 rings (SSSR count). The Hall–Kier alpha value is -9.01. The number of fused-ring (bicyclic) bond motifs is 9. The van der Waals surface area contributed by atoms with Gasteiger partial charge in [0.2, 0.25) is 5.71 Å². The van der Waals surface area contributed by atoms with Gasteiger partial charge in [0, 0.05) is 51.1 Å². The highest BCUT2D eigenvalue weighted by atomic mass is 16.3. The second kappa shape index (κ2) is 14.8. The van der Waals surface area contributed by atoms with Crippen molar-refractivity contribution in [1.29, 1.82) is 0 Å². The molecule has 5 heterocycles. The summed E-state index contributed by atoms with van der Waals surface area (Å²) >= 11 is 0. The number of pyridine rings is 1. The molecule has 0 aliphatic heterocycles. The molecule has 0 spiro atoms. The molecule has 8 aromatic carbocycles.